The summed E-state index contributed by atoms with van der Waals surface area (Å²) in [7, 11) is 0. The molecule has 0 saturated heterocycles. The number of hydrogen-bond donors (Lipinski definition) is 2. The summed E-state index contributed by atoms with van der Waals surface area (Å²) in [5.41, 5.74) is 0.832. The van der Waals surface area contributed by atoms with E-state index >= 15 is 0 Å². The van der Waals surface area contributed by atoms with Crippen LogP contribution in [0.1, 0.15) is 12.7 Å². The van der Waals surface area contributed by atoms with Gasteiger partial charge in [0.1, 0.15) is 11.8 Å². The Bertz CT molecular complexity index is 606. The Morgan fingerprint density at radius 2 is 1.95 bits per heavy atom. The minimum atomic E-state index is -0.381. The molecule has 2 rings (SSSR count). The quantitative estimate of drug-likeness (QED) is 0.653. The van der Waals surface area contributed by atoms with Crippen molar-refractivity contribution in [2.24, 2.45) is 0 Å². The van der Waals surface area contributed by atoms with Crippen LogP contribution in [0.5, 0.6) is 0 Å². The Balaban J connectivity index is 1.97. The van der Waals surface area contributed by atoms with E-state index in [1.807, 2.05) is 18.2 Å². The van der Waals surface area contributed by atoms with Crippen molar-refractivity contribution in [1.82, 2.24) is 5.32 Å². The molecule has 4 nitrogen and oxygen atoms in total. The number of carbonyl (C=O) groups excluding carboxylic acids is 1. The number of carbonyl (C=O) groups is 1. The SMILES string of the molecule is CC(Nc1c(Br)cc(Br)cc1Br)C(=O)NCc1ccco1. The van der Waals surface area contributed by atoms with Gasteiger partial charge in [0, 0.05) is 13.4 Å². The van der Waals surface area contributed by atoms with E-state index in [2.05, 4.69) is 58.4 Å². The van der Waals surface area contributed by atoms with Gasteiger partial charge in [-0.25, -0.2) is 0 Å². The lowest BCUT2D eigenvalue weighted by atomic mass is 10.2. The smallest absolute Gasteiger partial charge is 0.242 e. The maximum Gasteiger partial charge on any atom is 0.242 e. The van der Waals surface area contributed by atoms with Gasteiger partial charge in [0.2, 0.25) is 5.91 Å². The summed E-state index contributed by atoms with van der Waals surface area (Å²) in [6.07, 6.45) is 1.58. The van der Waals surface area contributed by atoms with Crippen LogP contribution in [0.4, 0.5) is 5.69 Å². The van der Waals surface area contributed by atoms with E-state index in [-0.39, 0.29) is 11.9 Å². The minimum absolute atomic E-state index is 0.104. The van der Waals surface area contributed by atoms with Crippen LogP contribution in [-0.4, -0.2) is 11.9 Å². The molecule has 0 aliphatic heterocycles. The number of hydrogen-bond acceptors (Lipinski definition) is 3. The zero-order chi connectivity index (χ0) is 15.4. The lowest BCUT2D eigenvalue weighted by Gasteiger charge is -2.17. The molecule has 0 spiro atoms. The van der Waals surface area contributed by atoms with Gasteiger partial charge in [-0.15, -0.1) is 0 Å². The van der Waals surface area contributed by atoms with E-state index < -0.39 is 0 Å². The molecule has 0 saturated carbocycles. The number of nitrogens with one attached hydrogen (secondary N) is 2. The van der Waals surface area contributed by atoms with Crippen LogP contribution in [0.3, 0.4) is 0 Å². The van der Waals surface area contributed by atoms with Crippen molar-refractivity contribution in [3.63, 3.8) is 0 Å². The number of furan rings is 1. The molecule has 112 valence electrons. The van der Waals surface area contributed by atoms with E-state index in [1.165, 1.54) is 0 Å². The number of anilines is 1. The molecule has 2 aromatic rings. The van der Waals surface area contributed by atoms with Gasteiger partial charge in [0.25, 0.3) is 0 Å². The molecule has 21 heavy (non-hydrogen) atoms. The van der Waals surface area contributed by atoms with Crippen molar-refractivity contribution in [3.8, 4) is 0 Å². The van der Waals surface area contributed by atoms with Gasteiger partial charge < -0.3 is 15.1 Å². The van der Waals surface area contributed by atoms with Gasteiger partial charge in [0.05, 0.1) is 18.5 Å². The first kappa shape index (κ1) is 16.6. The second kappa shape index (κ2) is 7.47. The van der Waals surface area contributed by atoms with Gasteiger partial charge in [-0.3, -0.25) is 4.79 Å². The topological polar surface area (TPSA) is 54.3 Å². The summed E-state index contributed by atoms with van der Waals surface area (Å²) in [6, 6.07) is 7.06. The third-order valence-electron chi connectivity index (χ3n) is 2.78. The van der Waals surface area contributed by atoms with Gasteiger partial charge in [-0.2, -0.15) is 0 Å². The van der Waals surface area contributed by atoms with Crippen molar-refractivity contribution in [1.29, 1.82) is 0 Å². The van der Waals surface area contributed by atoms with Crippen LogP contribution in [0.15, 0.2) is 48.4 Å². The molecule has 1 aromatic heterocycles. The molecule has 1 atom stereocenters. The van der Waals surface area contributed by atoms with Crippen LogP contribution in [0.25, 0.3) is 0 Å². The van der Waals surface area contributed by atoms with Gasteiger partial charge in [0.15, 0.2) is 0 Å². The summed E-state index contributed by atoms with van der Waals surface area (Å²) >= 11 is 10.4. The predicted octanol–water partition coefficient (Wildman–Crippen LogP) is 4.68. The van der Waals surface area contributed by atoms with Gasteiger partial charge in [-0.05, 0) is 63.0 Å². The van der Waals surface area contributed by atoms with Crippen molar-refractivity contribution in [2.75, 3.05) is 5.32 Å². The average Bonchev–Trinajstić information content (AvgIpc) is 2.93. The van der Waals surface area contributed by atoms with E-state index in [0.29, 0.717) is 6.54 Å². The number of rotatable bonds is 5. The molecule has 0 radical (unpaired) electrons. The molecule has 7 heteroatoms. The molecule has 2 N–H and O–H groups in total. The van der Waals surface area contributed by atoms with Crippen molar-refractivity contribution in [3.05, 3.63) is 49.7 Å². The van der Waals surface area contributed by atoms with Crippen molar-refractivity contribution < 1.29 is 9.21 Å². The Morgan fingerprint density at radius 3 is 2.52 bits per heavy atom. The Labute approximate surface area is 148 Å². The molecule has 1 unspecified atom stereocenters. The summed E-state index contributed by atoms with van der Waals surface area (Å²) in [5.74, 6) is 0.620. The van der Waals surface area contributed by atoms with Gasteiger partial charge in [-0.1, -0.05) is 15.9 Å². The van der Waals surface area contributed by atoms with Gasteiger partial charge >= 0.3 is 0 Å². The summed E-state index contributed by atoms with van der Waals surface area (Å²) < 4.78 is 7.86. The highest BCUT2D eigenvalue weighted by Gasteiger charge is 2.16. The van der Waals surface area contributed by atoms with E-state index in [9.17, 15) is 4.79 Å². The van der Waals surface area contributed by atoms with E-state index in [0.717, 1.165) is 24.9 Å². The lowest BCUT2D eigenvalue weighted by molar-refractivity contribution is -0.121. The van der Waals surface area contributed by atoms with Crippen LogP contribution in [0, 0.1) is 0 Å². The largest absolute Gasteiger partial charge is 0.467 e. The fourth-order valence-corrected chi connectivity index (χ4v) is 4.19. The molecule has 0 bridgehead atoms. The Hall–Kier alpha value is -0.790. The Morgan fingerprint density at radius 1 is 1.29 bits per heavy atom. The second-order valence-corrected chi connectivity index (χ2v) is 7.03. The first-order valence-corrected chi connectivity index (χ1v) is 8.56. The molecular formula is C14H13Br3N2O2. The second-order valence-electron chi connectivity index (χ2n) is 4.41. The highest BCUT2D eigenvalue weighted by molar-refractivity contribution is 9.11. The van der Waals surface area contributed by atoms with E-state index in [4.69, 9.17) is 4.42 Å². The first-order chi connectivity index (χ1) is 9.97. The van der Waals surface area contributed by atoms with Crippen LogP contribution >= 0.6 is 47.8 Å². The zero-order valence-corrected chi connectivity index (χ0v) is 15.9. The Kier molecular flexibility index (Phi) is 5.89. The maximum atomic E-state index is 12.1. The number of amides is 1. The standard InChI is InChI=1S/C14H13Br3N2O2/c1-8(14(20)18-7-10-3-2-4-21-10)19-13-11(16)5-9(15)6-12(13)17/h2-6,8,19H,7H2,1H3,(H,18,20). The summed E-state index contributed by atoms with van der Waals surface area (Å²) in [5, 5.41) is 6.00. The number of halogens is 3. The molecule has 0 aliphatic carbocycles. The number of benzene rings is 1. The molecule has 0 aliphatic rings. The maximum absolute atomic E-state index is 12.1. The molecule has 0 fully saturated rings. The molecule has 1 aromatic carbocycles. The third-order valence-corrected chi connectivity index (χ3v) is 4.49. The van der Waals surface area contributed by atoms with Crippen molar-refractivity contribution in [2.45, 2.75) is 19.5 Å². The third kappa shape index (κ3) is 4.59. The highest BCUT2D eigenvalue weighted by atomic mass is 79.9. The minimum Gasteiger partial charge on any atom is -0.467 e. The van der Waals surface area contributed by atoms with Crippen LogP contribution < -0.4 is 10.6 Å². The highest BCUT2D eigenvalue weighted by Crippen LogP contribution is 2.34. The first-order valence-electron chi connectivity index (χ1n) is 6.18. The monoisotopic (exact) mass is 478 g/mol. The fourth-order valence-electron chi connectivity index (χ4n) is 1.70. The molecular weight excluding hydrogens is 468 g/mol. The average molecular weight is 481 g/mol. The van der Waals surface area contributed by atoms with Crippen molar-refractivity contribution >= 4 is 59.4 Å². The normalized spacial score (nSPS) is 12.0. The summed E-state index contributed by atoms with van der Waals surface area (Å²) in [6.45, 7) is 2.18. The van der Waals surface area contributed by atoms with Crippen LogP contribution in [-0.2, 0) is 11.3 Å². The predicted molar refractivity (Wildman–Crippen MR) is 93.2 cm³/mol. The zero-order valence-electron chi connectivity index (χ0n) is 11.1. The molecule has 1 amide bonds. The summed E-state index contributed by atoms with van der Waals surface area (Å²) in [4.78, 5) is 12.1. The fraction of sp³-hybridized carbons (Fsp3) is 0.214. The van der Waals surface area contributed by atoms with Crippen LogP contribution in [0.2, 0.25) is 0 Å². The van der Waals surface area contributed by atoms with E-state index in [1.54, 1.807) is 19.3 Å². The lowest BCUT2D eigenvalue weighted by Crippen LogP contribution is -2.37. The molecule has 1 heterocycles.